The first kappa shape index (κ1) is 21.1. The molecule has 0 spiro atoms. The Kier molecular flexibility index (Phi) is 4.89. The SMILES string of the molecule is O=S1CCCc2nc(N3CC4C=C(c5ccc6c(c5)CC6)CC4C3)nc(NC3(CO)CCC3)c21. The first-order valence-electron chi connectivity index (χ1n) is 12.9. The Bertz CT molecular complexity index is 1220. The van der Waals surface area contributed by atoms with Crippen LogP contribution in [-0.4, -0.2) is 50.3 Å². The maximum atomic E-state index is 12.9. The van der Waals surface area contributed by atoms with Gasteiger partial charge in [-0.15, -0.1) is 0 Å². The summed E-state index contributed by atoms with van der Waals surface area (Å²) >= 11 is 0. The summed E-state index contributed by atoms with van der Waals surface area (Å²) in [5, 5.41) is 13.5. The Morgan fingerprint density at radius 3 is 2.71 bits per heavy atom. The van der Waals surface area contributed by atoms with Gasteiger partial charge in [-0.3, -0.25) is 4.21 Å². The predicted octanol–water partition coefficient (Wildman–Crippen LogP) is 3.50. The number of benzene rings is 1. The summed E-state index contributed by atoms with van der Waals surface area (Å²) in [5.41, 5.74) is 6.57. The smallest absolute Gasteiger partial charge is 0.227 e. The molecule has 0 bridgehead atoms. The molecule has 1 aromatic carbocycles. The molecule has 0 radical (unpaired) electrons. The molecule has 2 aliphatic heterocycles. The highest BCUT2D eigenvalue weighted by Gasteiger charge is 2.41. The second-order valence-electron chi connectivity index (χ2n) is 10.9. The maximum Gasteiger partial charge on any atom is 0.227 e. The minimum Gasteiger partial charge on any atom is -0.394 e. The van der Waals surface area contributed by atoms with Gasteiger partial charge in [0.05, 0.1) is 28.6 Å². The van der Waals surface area contributed by atoms with Gasteiger partial charge in [0.2, 0.25) is 5.95 Å². The number of aliphatic hydroxyl groups excluding tert-OH is 1. The first-order chi connectivity index (χ1) is 16.6. The van der Waals surface area contributed by atoms with Crippen LogP contribution in [0.25, 0.3) is 5.57 Å². The Balaban J connectivity index is 1.16. The van der Waals surface area contributed by atoms with E-state index in [1.807, 2.05) is 0 Å². The number of hydrogen-bond donors (Lipinski definition) is 2. The molecule has 7 heteroatoms. The molecule has 7 rings (SSSR count). The molecule has 2 fully saturated rings. The zero-order chi connectivity index (χ0) is 22.9. The first-order valence-corrected chi connectivity index (χ1v) is 14.2. The molecule has 3 atom stereocenters. The predicted molar refractivity (Wildman–Crippen MR) is 135 cm³/mol. The largest absolute Gasteiger partial charge is 0.394 e. The molecule has 1 saturated carbocycles. The van der Waals surface area contributed by atoms with Gasteiger partial charge in [0.1, 0.15) is 10.7 Å². The summed E-state index contributed by atoms with van der Waals surface area (Å²) in [5.74, 6) is 3.25. The lowest BCUT2D eigenvalue weighted by molar-refractivity contribution is 0.143. The van der Waals surface area contributed by atoms with Crippen LogP contribution in [-0.2, 0) is 30.1 Å². The Hall–Kier alpha value is -2.25. The number of rotatable bonds is 5. The van der Waals surface area contributed by atoms with Crippen molar-refractivity contribution in [3.63, 3.8) is 0 Å². The van der Waals surface area contributed by atoms with Gasteiger partial charge in [0, 0.05) is 18.8 Å². The van der Waals surface area contributed by atoms with Gasteiger partial charge in [-0.25, -0.2) is 4.98 Å². The molecule has 3 heterocycles. The van der Waals surface area contributed by atoms with E-state index in [1.165, 1.54) is 35.1 Å². The van der Waals surface area contributed by atoms with Gasteiger partial charge in [-0.1, -0.05) is 24.3 Å². The van der Waals surface area contributed by atoms with E-state index in [0.29, 0.717) is 23.4 Å². The number of fused-ring (bicyclic) bond motifs is 3. The van der Waals surface area contributed by atoms with Crippen LogP contribution < -0.4 is 10.2 Å². The van der Waals surface area contributed by atoms with Crippen molar-refractivity contribution in [2.24, 2.45) is 11.8 Å². The third-order valence-corrected chi connectivity index (χ3v) is 10.3. The van der Waals surface area contributed by atoms with Crippen molar-refractivity contribution in [1.29, 1.82) is 0 Å². The van der Waals surface area contributed by atoms with Crippen LogP contribution in [0.3, 0.4) is 0 Å². The molecule has 2 N–H and O–H groups in total. The van der Waals surface area contributed by atoms with Crippen LogP contribution in [0.4, 0.5) is 11.8 Å². The Morgan fingerprint density at radius 1 is 1.12 bits per heavy atom. The van der Waals surface area contributed by atoms with E-state index in [-0.39, 0.29) is 12.1 Å². The lowest BCUT2D eigenvalue weighted by Gasteiger charge is -2.42. The number of aliphatic hydroxyl groups is 1. The van der Waals surface area contributed by atoms with Crippen molar-refractivity contribution in [3.05, 3.63) is 46.7 Å². The topological polar surface area (TPSA) is 78.4 Å². The number of hydrogen-bond acceptors (Lipinski definition) is 6. The number of nitrogens with zero attached hydrogens (tertiary/aromatic N) is 3. The molecule has 0 amide bonds. The van der Waals surface area contributed by atoms with Gasteiger partial charge in [0.25, 0.3) is 0 Å². The summed E-state index contributed by atoms with van der Waals surface area (Å²) in [6, 6.07) is 7.03. The summed E-state index contributed by atoms with van der Waals surface area (Å²) in [6.07, 6.45) is 10.8. The Morgan fingerprint density at radius 2 is 2.00 bits per heavy atom. The van der Waals surface area contributed by atoms with E-state index in [2.05, 4.69) is 34.5 Å². The monoisotopic (exact) mass is 476 g/mol. The minimum atomic E-state index is -1.08. The summed E-state index contributed by atoms with van der Waals surface area (Å²) < 4.78 is 12.9. The van der Waals surface area contributed by atoms with Crippen molar-refractivity contribution in [1.82, 2.24) is 9.97 Å². The van der Waals surface area contributed by atoms with Crippen LogP contribution in [0.2, 0.25) is 0 Å². The number of nitrogens with one attached hydrogen (secondary N) is 1. The summed E-state index contributed by atoms with van der Waals surface area (Å²) in [4.78, 5) is 13.0. The fourth-order valence-electron chi connectivity index (χ4n) is 6.45. The van der Waals surface area contributed by atoms with E-state index < -0.39 is 10.8 Å². The molecule has 178 valence electrons. The standard InChI is InChI=1S/C27H32N4O2S/c32-16-27(8-2-9-27)30-25-24-23(3-1-10-34(24)33)28-26(29-25)31-14-21-12-20(13-22(21)15-31)19-7-5-17-4-6-18(17)11-19/h5,7,11-12,21-22,32H,1-4,6,8-10,13-16H2,(H,28,29,30). The highest BCUT2D eigenvalue weighted by molar-refractivity contribution is 7.85. The van der Waals surface area contributed by atoms with Gasteiger partial charge in [0.15, 0.2) is 0 Å². The number of aromatic nitrogens is 2. The maximum absolute atomic E-state index is 12.9. The van der Waals surface area contributed by atoms with E-state index >= 15 is 0 Å². The molecule has 1 saturated heterocycles. The van der Waals surface area contributed by atoms with E-state index in [1.54, 1.807) is 0 Å². The molecule has 34 heavy (non-hydrogen) atoms. The number of allylic oxidation sites excluding steroid dienone is 1. The fourth-order valence-corrected chi connectivity index (χ4v) is 7.78. The lowest BCUT2D eigenvalue weighted by Crippen LogP contribution is -2.49. The second-order valence-corrected chi connectivity index (χ2v) is 12.4. The quantitative estimate of drug-likeness (QED) is 0.688. The highest BCUT2D eigenvalue weighted by Crippen LogP contribution is 2.44. The van der Waals surface area contributed by atoms with Crippen LogP contribution in [0.5, 0.6) is 0 Å². The van der Waals surface area contributed by atoms with Crippen molar-refractivity contribution in [2.75, 3.05) is 35.7 Å². The number of anilines is 2. The molecular formula is C27H32N4O2S. The molecule has 3 unspecified atom stereocenters. The van der Waals surface area contributed by atoms with Crippen LogP contribution >= 0.6 is 0 Å². The van der Waals surface area contributed by atoms with Crippen LogP contribution in [0, 0.1) is 11.8 Å². The van der Waals surface area contributed by atoms with Crippen molar-refractivity contribution < 1.29 is 9.32 Å². The van der Waals surface area contributed by atoms with E-state index in [9.17, 15) is 9.32 Å². The van der Waals surface area contributed by atoms with Crippen LogP contribution in [0.1, 0.15) is 54.5 Å². The molecule has 5 aliphatic rings. The van der Waals surface area contributed by atoms with Crippen LogP contribution in [0.15, 0.2) is 29.2 Å². The lowest BCUT2D eigenvalue weighted by atomic mass is 9.77. The van der Waals surface area contributed by atoms with Gasteiger partial charge >= 0.3 is 0 Å². The average Bonchev–Trinajstić information content (AvgIpc) is 3.36. The molecule has 3 aliphatic carbocycles. The second kappa shape index (κ2) is 7.89. The number of aryl methyl sites for hydroxylation is 3. The van der Waals surface area contributed by atoms with Gasteiger partial charge in [-0.05, 0) is 85.5 Å². The fraction of sp³-hybridized carbons (Fsp3) is 0.556. The van der Waals surface area contributed by atoms with Gasteiger partial charge < -0.3 is 15.3 Å². The van der Waals surface area contributed by atoms with Gasteiger partial charge in [-0.2, -0.15) is 4.98 Å². The van der Waals surface area contributed by atoms with Crippen molar-refractivity contribution in [3.8, 4) is 0 Å². The summed E-state index contributed by atoms with van der Waals surface area (Å²) in [6.45, 7) is 1.98. The Labute approximate surface area is 203 Å². The zero-order valence-corrected chi connectivity index (χ0v) is 20.4. The van der Waals surface area contributed by atoms with Crippen molar-refractivity contribution >= 4 is 28.1 Å². The normalized spacial score (nSPS) is 28.3. The molecule has 2 aromatic rings. The highest BCUT2D eigenvalue weighted by atomic mass is 32.2. The zero-order valence-electron chi connectivity index (χ0n) is 19.6. The third kappa shape index (κ3) is 3.34. The minimum absolute atomic E-state index is 0.0812. The summed E-state index contributed by atoms with van der Waals surface area (Å²) in [7, 11) is -1.08. The van der Waals surface area contributed by atoms with E-state index in [0.717, 1.165) is 68.2 Å². The van der Waals surface area contributed by atoms with E-state index in [4.69, 9.17) is 9.97 Å². The average molecular weight is 477 g/mol. The van der Waals surface area contributed by atoms with Crippen molar-refractivity contribution in [2.45, 2.75) is 61.8 Å². The molecule has 1 aromatic heterocycles. The third-order valence-electron chi connectivity index (χ3n) is 8.80. The molecule has 6 nitrogen and oxygen atoms in total. The molecular weight excluding hydrogens is 444 g/mol.